The number of esters is 1. The van der Waals surface area contributed by atoms with Gasteiger partial charge in [-0.2, -0.15) is 0 Å². The number of carbonyl (C=O) groups excluding carboxylic acids is 1. The van der Waals surface area contributed by atoms with Gasteiger partial charge in [0.2, 0.25) is 0 Å². The number of benzene rings is 2. The first-order chi connectivity index (χ1) is 17.3. The number of ether oxygens (including phenoxy) is 2. The summed E-state index contributed by atoms with van der Waals surface area (Å²) in [6.07, 6.45) is 6.92. The summed E-state index contributed by atoms with van der Waals surface area (Å²) in [6.45, 7) is 1.35. The van der Waals surface area contributed by atoms with Crippen molar-refractivity contribution in [1.29, 1.82) is 0 Å². The summed E-state index contributed by atoms with van der Waals surface area (Å²) in [4.78, 5) is 14.2. The molecule has 0 unspecified atom stereocenters. The lowest BCUT2D eigenvalue weighted by molar-refractivity contribution is -0.274. The molecule has 7 heteroatoms. The second-order valence-corrected chi connectivity index (χ2v) is 10.3. The third-order valence-electron chi connectivity index (χ3n) is 7.88. The minimum absolute atomic E-state index is 0.204. The minimum atomic E-state index is -4.69. The lowest BCUT2D eigenvalue weighted by Gasteiger charge is -2.40. The fraction of sp³-hybridized carbons (Fsp3) is 0.552. The molecule has 196 valence electrons. The second-order valence-electron chi connectivity index (χ2n) is 10.3. The van der Waals surface area contributed by atoms with Crippen LogP contribution in [0.2, 0.25) is 0 Å². The van der Waals surface area contributed by atoms with Crippen LogP contribution in [0.4, 0.5) is 13.2 Å². The molecular formula is C29H36F3NO3. The molecule has 0 radical (unpaired) electrons. The Bertz CT molecular complexity index is 961. The molecule has 0 bridgehead atoms. The van der Waals surface area contributed by atoms with Crippen LogP contribution in [0.15, 0.2) is 48.5 Å². The molecule has 2 fully saturated rings. The maximum absolute atomic E-state index is 12.5. The Morgan fingerprint density at radius 2 is 1.33 bits per heavy atom. The highest BCUT2D eigenvalue weighted by atomic mass is 19.4. The molecule has 4 nitrogen and oxygen atoms in total. The molecule has 36 heavy (non-hydrogen) atoms. The van der Waals surface area contributed by atoms with E-state index in [4.69, 9.17) is 4.74 Å². The standard InChI is InChI=1S/C29H36F3NO3/c1-35-28(34)25-11-7-21(8-12-25)19-33(20-22-9-17-27(18-10-22)36-29(30,31)32)26-15-13-24(14-16-26)23-5-3-2-4-6-23/h7-12,17-18,23-24,26H,2-6,13-16,19-20H2,1H3/t24-,26-. The fourth-order valence-electron chi connectivity index (χ4n) is 5.99. The van der Waals surface area contributed by atoms with E-state index in [9.17, 15) is 18.0 Å². The van der Waals surface area contributed by atoms with Crippen LogP contribution in [0, 0.1) is 11.8 Å². The highest BCUT2D eigenvalue weighted by molar-refractivity contribution is 5.89. The minimum Gasteiger partial charge on any atom is -0.465 e. The van der Waals surface area contributed by atoms with Crippen LogP contribution in [0.5, 0.6) is 5.75 Å². The van der Waals surface area contributed by atoms with Gasteiger partial charge in [-0.25, -0.2) is 4.79 Å². The molecule has 2 aromatic rings. The summed E-state index contributed by atoms with van der Waals surface area (Å²) in [7, 11) is 1.37. The van der Waals surface area contributed by atoms with Gasteiger partial charge in [-0.1, -0.05) is 56.4 Å². The van der Waals surface area contributed by atoms with Crippen molar-refractivity contribution in [3.8, 4) is 5.75 Å². The van der Waals surface area contributed by atoms with Crippen LogP contribution in [0.25, 0.3) is 0 Å². The molecule has 4 rings (SSSR count). The zero-order valence-electron chi connectivity index (χ0n) is 20.9. The monoisotopic (exact) mass is 503 g/mol. The Morgan fingerprint density at radius 3 is 1.86 bits per heavy atom. The molecule has 2 aliphatic rings. The van der Waals surface area contributed by atoms with Crippen molar-refractivity contribution >= 4 is 5.97 Å². The SMILES string of the molecule is COC(=O)c1ccc(CN(Cc2ccc(OC(F)(F)F)cc2)[C@H]2CC[C@H](C3CCCCC3)CC2)cc1. The summed E-state index contributed by atoms with van der Waals surface area (Å²) < 4.78 is 46.5. The molecule has 2 saturated carbocycles. The third-order valence-corrected chi connectivity index (χ3v) is 7.88. The van der Waals surface area contributed by atoms with E-state index in [2.05, 4.69) is 9.64 Å². The normalized spacial score (nSPS) is 21.4. The van der Waals surface area contributed by atoms with Gasteiger partial charge < -0.3 is 9.47 Å². The number of hydrogen-bond donors (Lipinski definition) is 0. The smallest absolute Gasteiger partial charge is 0.465 e. The predicted octanol–water partition coefficient (Wildman–Crippen LogP) is 7.51. The quantitative estimate of drug-likeness (QED) is 0.350. The van der Waals surface area contributed by atoms with Crippen molar-refractivity contribution in [3.05, 3.63) is 65.2 Å². The summed E-state index contributed by atoms with van der Waals surface area (Å²) in [6, 6.07) is 14.1. The first kappa shape index (κ1) is 26.5. The van der Waals surface area contributed by atoms with E-state index in [1.807, 2.05) is 12.1 Å². The van der Waals surface area contributed by atoms with E-state index in [-0.39, 0.29) is 11.7 Å². The van der Waals surface area contributed by atoms with Gasteiger partial charge in [0.1, 0.15) is 5.75 Å². The van der Waals surface area contributed by atoms with Crippen molar-refractivity contribution in [2.24, 2.45) is 11.8 Å². The number of nitrogens with zero attached hydrogens (tertiary/aromatic N) is 1. The molecule has 0 saturated heterocycles. The zero-order valence-corrected chi connectivity index (χ0v) is 20.9. The van der Waals surface area contributed by atoms with E-state index in [0.29, 0.717) is 24.7 Å². The van der Waals surface area contributed by atoms with Gasteiger partial charge in [0, 0.05) is 19.1 Å². The largest absolute Gasteiger partial charge is 0.573 e. The van der Waals surface area contributed by atoms with Gasteiger partial charge in [-0.3, -0.25) is 4.90 Å². The number of methoxy groups -OCH3 is 1. The maximum atomic E-state index is 12.5. The number of rotatable bonds is 8. The Hall–Kier alpha value is -2.54. The lowest BCUT2D eigenvalue weighted by atomic mass is 9.72. The summed E-state index contributed by atoms with van der Waals surface area (Å²) >= 11 is 0. The molecular weight excluding hydrogens is 467 g/mol. The van der Waals surface area contributed by atoms with E-state index in [1.54, 1.807) is 24.3 Å². The van der Waals surface area contributed by atoms with Crippen LogP contribution >= 0.6 is 0 Å². The number of halogens is 3. The molecule has 0 spiro atoms. The number of carbonyl (C=O) groups is 1. The highest BCUT2D eigenvalue weighted by Gasteiger charge is 2.32. The van der Waals surface area contributed by atoms with Crippen LogP contribution in [0.3, 0.4) is 0 Å². The molecule has 0 aromatic heterocycles. The average molecular weight is 504 g/mol. The van der Waals surface area contributed by atoms with Crippen molar-refractivity contribution in [2.45, 2.75) is 83.3 Å². The molecule has 0 atom stereocenters. The lowest BCUT2D eigenvalue weighted by Crippen LogP contribution is -2.38. The van der Waals surface area contributed by atoms with Crippen LogP contribution in [-0.2, 0) is 17.8 Å². The van der Waals surface area contributed by atoms with Crippen molar-refractivity contribution in [2.75, 3.05) is 7.11 Å². The third kappa shape index (κ3) is 7.48. The topological polar surface area (TPSA) is 38.8 Å². The number of alkyl halides is 3. The Morgan fingerprint density at radius 1 is 0.806 bits per heavy atom. The van der Waals surface area contributed by atoms with Crippen LogP contribution in [0.1, 0.15) is 79.3 Å². The molecule has 0 N–H and O–H groups in total. The van der Waals surface area contributed by atoms with Gasteiger partial charge in [0.15, 0.2) is 0 Å². The molecule has 0 aliphatic heterocycles. The first-order valence-corrected chi connectivity index (χ1v) is 13.1. The van der Waals surface area contributed by atoms with Crippen LogP contribution in [-0.4, -0.2) is 30.4 Å². The first-order valence-electron chi connectivity index (χ1n) is 13.1. The van der Waals surface area contributed by atoms with Gasteiger partial charge in [0.05, 0.1) is 12.7 Å². The van der Waals surface area contributed by atoms with Gasteiger partial charge in [0.25, 0.3) is 0 Å². The molecule has 0 amide bonds. The Balaban J connectivity index is 1.44. The number of hydrogen-bond acceptors (Lipinski definition) is 4. The summed E-state index contributed by atoms with van der Waals surface area (Å²) in [5.41, 5.74) is 2.56. The van der Waals surface area contributed by atoms with Crippen molar-refractivity contribution in [1.82, 2.24) is 4.90 Å². The highest BCUT2D eigenvalue weighted by Crippen LogP contribution is 2.40. The zero-order chi connectivity index (χ0) is 25.5. The Kier molecular flexibility index (Phi) is 8.94. The van der Waals surface area contributed by atoms with Gasteiger partial charge in [-0.05, 0) is 72.9 Å². The van der Waals surface area contributed by atoms with Crippen molar-refractivity contribution < 1.29 is 27.4 Å². The second kappa shape index (κ2) is 12.1. The maximum Gasteiger partial charge on any atom is 0.573 e. The van der Waals surface area contributed by atoms with E-state index in [1.165, 1.54) is 64.2 Å². The van der Waals surface area contributed by atoms with E-state index in [0.717, 1.165) is 35.8 Å². The summed E-state index contributed by atoms with van der Waals surface area (Å²) in [5, 5.41) is 0. The molecule has 2 aromatic carbocycles. The van der Waals surface area contributed by atoms with E-state index < -0.39 is 6.36 Å². The fourth-order valence-corrected chi connectivity index (χ4v) is 5.99. The van der Waals surface area contributed by atoms with Gasteiger partial charge in [-0.15, -0.1) is 13.2 Å². The molecule has 0 heterocycles. The summed E-state index contributed by atoms with van der Waals surface area (Å²) in [5.74, 6) is 1.13. The predicted molar refractivity (Wildman–Crippen MR) is 132 cm³/mol. The molecule has 2 aliphatic carbocycles. The Labute approximate surface area is 211 Å². The van der Waals surface area contributed by atoms with E-state index >= 15 is 0 Å². The average Bonchev–Trinajstić information content (AvgIpc) is 2.89. The van der Waals surface area contributed by atoms with Crippen molar-refractivity contribution in [3.63, 3.8) is 0 Å². The van der Waals surface area contributed by atoms with Crippen LogP contribution < -0.4 is 4.74 Å². The van der Waals surface area contributed by atoms with Gasteiger partial charge >= 0.3 is 12.3 Å².